The highest BCUT2D eigenvalue weighted by atomic mass is 16.2. The fraction of sp³-hybridized carbons (Fsp3) is 0.640. The predicted molar refractivity (Wildman–Crippen MR) is 125 cm³/mol. The summed E-state index contributed by atoms with van der Waals surface area (Å²) in [7, 11) is 0. The SMILES string of the molecule is O=C(NCCCC(=O)N1CCN(C(=O)CCCc2ccccc2)CC1)NC1CCCCC1. The maximum Gasteiger partial charge on any atom is 0.315 e. The van der Waals surface area contributed by atoms with Crippen LogP contribution in [0.1, 0.15) is 63.4 Å². The van der Waals surface area contributed by atoms with Gasteiger partial charge in [-0.1, -0.05) is 49.6 Å². The molecule has 4 amide bonds. The molecule has 3 rings (SSSR count). The molecule has 0 spiro atoms. The number of amides is 4. The van der Waals surface area contributed by atoms with Gasteiger partial charge >= 0.3 is 6.03 Å². The van der Waals surface area contributed by atoms with Crippen molar-refractivity contribution in [2.75, 3.05) is 32.7 Å². The lowest BCUT2D eigenvalue weighted by Gasteiger charge is -2.35. The van der Waals surface area contributed by atoms with E-state index in [1.807, 2.05) is 28.0 Å². The molecule has 1 aliphatic heterocycles. The van der Waals surface area contributed by atoms with Crippen molar-refractivity contribution >= 4 is 17.8 Å². The largest absolute Gasteiger partial charge is 0.339 e. The molecular weight excluding hydrogens is 404 g/mol. The van der Waals surface area contributed by atoms with Gasteiger partial charge in [-0.3, -0.25) is 9.59 Å². The normalized spacial score (nSPS) is 17.1. The second-order valence-corrected chi connectivity index (χ2v) is 8.94. The zero-order valence-corrected chi connectivity index (χ0v) is 19.2. The molecular formula is C25H38N4O3. The summed E-state index contributed by atoms with van der Waals surface area (Å²) in [5.74, 6) is 0.289. The standard InChI is InChI=1S/C25H38N4O3/c30-23(14-7-11-21-9-3-1-4-10-21)28-17-19-29(20-18-28)24(31)15-8-16-26-25(32)27-22-12-5-2-6-13-22/h1,3-4,9-10,22H,2,5-8,11-20H2,(H2,26,27,32). The lowest BCUT2D eigenvalue weighted by atomic mass is 9.96. The Hall–Kier alpha value is -2.57. The fourth-order valence-corrected chi connectivity index (χ4v) is 4.53. The first kappa shape index (κ1) is 24.1. The van der Waals surface area contributed by atoms with E-state index in [2.05, 4.69) is 22.8 Å². The number of hydrogen-bond donors (Lipinski definition) is 2. The van der Waals surface area contributed by atoms with Crippen molar-refractivity contribution in [3.05, 3.63) is 35.9 Å². The van der Waals surface area contributed by atoms with E-state index >= 15 is 0 Å². The number of hydrogen-bond acceptors (Lipinski definition) is 3. The Morgan fingerprint density at radius 2 is 1.41 bits per heavy atom. The summed E-state index contributed by atoms with van der Waals surface area (Å²) in [6, 6.07) is 10.4. The molecule has 32 heavy (non-hydrogen) atoms. The van der Waals surface area contributed by atoms with Gasteiger partial charge in [-0.2, -0.15) is 0 Å². The monoisotopic (exact) mass is 442 g/mol. The van der Waals surface area contributed by atoms with Crippen molar-refractivity contribution in [2.45, 2.75) is 70.3 Å². The highest BCUT2D eigenvalue weighted by Crippen LogP contribution is 2.17. The molecule has 0 aromatic heterocycles. The van der Waals surface area contributed by atoms with E-state index < -0.39 is 0 Å². The highest BCUT2D eigenvalue weighted by molar-refractivity contribution is 5.78. The molecule has 2 fully saturated rings. The smallest absolute Gasteiger partial charge is 0.315 e. The second kappa shape index (κ2) is 13.1. The van der Waals surface area contributed by atoms with E-state index in [4.69, 9.17) is 0 Å². The third-order valence-electron chi connectivity index (χ3n) is 6.48. The lowest BCUT2D eigenvalue weighted by Crippen LogP contribution is -2.50. The van der Waals surface area contributed by atoms with E-state index in [-0.39, 0.29) is 17.8 Å². The van der Waals surface area contributed by atoms with Crippen LogP contribution in [0.4, 0.5) is 4.79 Å². The fourth-order valence-electron chi connectivity index (χ4n) is 4.53. The van der Waals surface area contributed by atoms with Crippen molar-refractivity contribution in [3.63, 3.8) is 0 Å². The van der Waals surface area contributed by atoms with E-state index in [9.17, 15) is 14.4 Å². The third-order valence-corrected chi connectivity index (χ3v) is 6.48. The minimum Gasteiger partial charge on any atom is -0.339 e. The summed E-state index contributed by atoms with van der Waals surface area (Å²) >= 11 is 0. The molecule has 1 aliphatic carbocycles. The van der Waals surface area contributed by atoms with Gasteiger partial charge in [-0.15, -0.1) is 0 Å². The van der Waals surface area contributed by atoms with Crippen LogP contribution in [0.3, 0.4) is 0 Å². The highest BCUT2D eigenvalue weighted by Gasteiger charge is 2.23. The number of nitrogens with one attached hydrogen (secondary N) is 2. The summed E-state index contributed by atoms with van der Waals surface area (Å²) in [6.07, 6.45) is 9.14. The third kappa shape index (κ3) is 8.17. The van der Waals surface area contributed by atoms with Crippen LogP contribution in [-0.2, 0) is 16.0 Å². The molecule has 1 aromatic carbocycles. The minimum absolute atomic E-state index is 0.107. The van der Waals surface area contributed by atoms with Gasteiger partial charge in [0.15, 0.2) is 0 Å². The second-order valence-electron chi connectivity index (χ2n) is 8.94. The van der Waals surface area contributed by atoms with Crippen molar-refractivity contribution in [1.82, 2.24) is 20.4 Å². The first-order chi connectivity index (χ1) is 15.6. The van der Waals surface area contributed by atoms with Gasteiger partial charge in [0.2, 0.25) is 11.8 Å². The molecule has 0 bridgehead atoms. The Morgan fingerprint density at radius 1 is 0.812 bits per heavy atom. The van der Waals surface area contributed by atoms with Crippen LogP contribution in [0.25, 0.3) is 0 Å². The zero-order chi connectivity index (χ0) is 22.6. The number of aryl methyl sites for hydroxylation is 1. The van der Waals surface area contributed by atoms with E-state index in [0.717, 1.165) is 25.7 Å². The van der Waals surface area contributed by atoms with Crippen molar-refractivity contribution < 1.29 is 14.4 Å². The molecule has 1 heterocycles. The number of benzene rings is 1. The Morgan fingerprint density at radius 3 is 2.03 bits per heavy atom. The lowest BCUT2D eigenvalue weighted by molar-refractivity contribution is -0.139. The molecule has 2 aliphatic rings. The molecule has 7 heteroatoms. The summed E-state index contributed by atoms with van der Waals surface area (Å²) in [5, 5.41) is 5.89. The summed E-state index contributed by atoms with van der Waals surface area (Å²) in [6.45, 7) is 2.91. The van der Waals surface area contributed by atoms with Gasteiger partial charge in [-0.05, 0) is 37.7 Å². The van der Waals surface area contributed by atoms with E-state index in [1.54, 1.807) is 0 Å². The van der Waals surface area contributed by atoms with Gasteiger partial charge in [0.25, 0.3) is 0 Å². The average molecular weight is 443 g/mol. The molecule has 1 saturated carbocycles. The average Bonchev–Trinajstić information content (AvgIpc) is 2.83. The number of carbonyl (C=O) groups excluding carboxylic acids is 3. The van der Waals surface area contributed by atoms with Crippen molar-refractivity contribution in [3.8, 4) is 0 Å². The van der Waals surface area contributed by atoms with Crippen LogP contribution in [0, 0.1) is 0 Å². The first-order valence-electron chi connectivity index (χ1n) is 12.3. The predicted octanol–water partition coefficient (Wildman–Crippen LogP) is 3.09. The van der Waals surface area contributed by atoms with Gasteiger partial charge in [0, 0.05) is 51.6 Å². The molecule has 0 radical (unpaired) electrons. The van der Waals surface area contributed by atoms with Crippen LogP contribution >= 0.6 is 0 Å². The summed E-state index contributed by atoms with van der Waals surface area (Å²) < 4.78 is 0. The zero-order valence-electron chi connectivity index (χ0n) is 19.2. The molecule has 2 N–H and O–H groups in total. The summed E-state index contributed by atoms with van der Waals surface area (Å²) in [5.41, 5.74) is 1.26. The quantitative estimate of drug-likeness (QED) is 0.577. The number of nitrogens with zero attached hydrogens (tertiary/aromatic N) is 2. The molecule has 0 atom stereocenters. The van der Waals surface area contributed by atoms with Crippen LogP contribution in [0.5, 0.6) is 0 Å². The van der Waals surface area contributed by atoms with Gasteiger partial charge in [0.05, 0.1) is 0 Å². The number of piperazine rings is 1. The maximum absolute atomic E-state index is 12.5. The first-order valence-corrected chi connectivity index (χ1v) is 12.3. The number of urea groups is 1. The Labute approximate surface area is 191 Å². The minimum atomic E-state index is -0.122. The molecule has 176 valence electrons. The van der Waals surface area contributed by atoms with Crippen molar-refractivity contribution in [1.29, 1.82) is 0 Å². The summed E-state index contributed by atoms with van der Waals surface area (Å²) in [4.78, 5) is 40.6. The van der Waals surface area contributed by atoms with Crippen molar-refractivity contribution in [2.24, 2.45) is 0 Å². The van der Waals surface area contributed by atoms with E-state index in [1.165, 1.54) is 24.8 Å². The van der Waals surface area contributed by atoms with Crippen LogP contribution < -0.4 is 10.6 Å². The number of rotatable bonds is 9. The van der Waals surface area contributed by atoms with Gasteiger partial charge < -0.3 is 20.4 Å². The maximum atomic E-state index is 12.5. The molecule has 7 nitrogen and oxygen atoms in total. The van der Waals surface area contributed by atoms with Gasteiger partial charge in [-0.25, -0.2) is 4.79 Å². The van der Waals surface area contributed by atoms with E-state index in [0.29, 0.717) is 58.0 Å². The van der Waals surface area contributed by atoms with Crippen LogP contribution in [0.15, 0.2) is 30.3 Å². The molecule has 1 aromatic rings. The van der Waals surface area contributed by atoms with Gasteiger partial charge in [0.1, 0.15) is 0 Å². The Balaban J connectivity index is 1.24. The Kier molecular flexibility index (Phi) is 9.85. The topological polar surface area (TPSA) is 81.8 Å². The molecule has 0 unspecified atom stereocenters. The van der Waals surface area contributed by atoms with Crippen LogP contribution in [-0.4, -0.2) is 66.4 Å². The number of carbonyl (C=O) groups is 3. The van der Waals surface area contributed by atoms with Crippen LogP contribution in [0.2, 0.25) is 0 Å². The molecule has 1 saturated heterocycles. The Bertz CT molecular complexity index is 726.